The summed E-state index contributed by atoms with van der Waals surface area (Å²) in [7, 11) is 0. The van der Waals surface area contributed by atoms with Crippen LogP contribution in [0, 0.1) is 23.4 Å². The van der Waals surface area contributed by atoms with Gasteiger partial charge in [-0.25, -0.2) is 13.2 Å². The molecule has 0 spiro atoms. The third-order valence-corrected chi connectivity index (χ3v) is 4.89. The molecule has 0 aliphatic carbocycles. The first-order valence-electron chi connectivity index (χ1n) is 8.73. The number of nitrogens with one attached hydrogen (secondary N) is 1. The summed E-state index contributed by atoms with van der Waals surface area (Å²) in [5, 5.41) is 3.21. The van der Waals surface area contributed by atoms with Gasteiger partial charge in [0.25, 0.3) is 0 Å². The van der Waals surface area contributed by atoms with Crippen LogP contribution in [0.2, 0.25) is 0 Å². The first-order chi connectivity index (χ1) is 12.5. The predicted octanol–water partition coefficient (Wildman–Crippen LogP) is 2.33. The van der Waals surface area contributed by atoms with Crippen molar-refractivity contribution in [2.75, 3.05) is 32.8 Å². The fourth-order valence-corrected chi connectivity index (χ4v) is 3.46. The second-order valence-corrected chi connectivity index (χ2v) is 6.69. The first-order valence-corrected chi connectivity index (χ1v) is 8.73. The summed E-state index contributed by atoms with van der Waals surface area (Å²) in [5.41, 5.74) is -0.695. The molecule has 1 unspecified atom stereocenters. The smallest absolute Gasteiger partial charge is 0.224 e. The number of Topliss-reactive ketones (excluding diaryl/α,β-unsaturated/α-hetero) is 1. The van der Waals surface area contributed by atoms with Crippen LogP contribution in [-0.4, -0.2) is 55.5 Å². The van der Waals surface area contributed by atoms with E-state index in [9.17, 15) is 22.8 Å². The van der Waals surface area contributed by atoms with E-state index in [1.165, 1.54) is 0 Å². The highest BCUT2D eigenvalue weighted by Crippen LogP contribution is 2.25. The Morgan fingerprint density at radius 1 is 1.15 bits per heavy atom. The van der Waals surface area contributed by atoms with Gasteiger partial charge in [0.1, 0.15) is 17.5 Å². The minimum Gasteiger partial charge on any atom is -0.378 e. The topological polar surface area (TPSA) is 58.6 Å². The number of rotatable bonds is 4. The van der Waals surface area contributed by atoms with Crippen molar-refractivity contribution in [1.29, 1.82) is 0 Å². The van der Waals surface area contributed by atoms with Crippen molar-refractivity contribution in [3.63, 3.8) is 0 Å². The van der Waals surface area contributed by atoms with Crippen LogP contribution in [0.3, 0.4) is 0 Å². The molecule has 2 saturated heterocycles. The maximum Gasteiger partial charge on any atom is 0.224 e. The number of amides is 1. The molecular weight excluding hydrogens is 385 g/mol. The van der Waals surface area contributed by atoms with Crippen molar-refractivity contribution in [3.8, 4) is 0 Å². The van der Waals surface area contributed by atoms with Crippen LogP contribution in [0.4, 0.5) is 13.2 Å². The monoisotopic (exact) mass is 406 g/mol. The van der Waals surface area contributed by atoms with Crippen molar-refractivity contribution in [2.24, 2.45) is 5.92 Å². The Hall–Kier alpha value is -1.64. The number of benzene rings is 1. The molecule has 1 amide bonds. The zero-order valence-electron chi connectivity index (χ0n) is 14.7. The lowest BCUT2D eigenvalue weighted by molar-refractivity contribution is -0.133. The van der Waals surface area contributed by atoms with E-state index < -0.39 is 34.7 Å². The zero-order chi connectivity index (χ0) is 18.7. The number of hydrogen-bond donors (Lipinski definition) is 1. The van der Waals surface area contributed by atoms with E-state index in [4.69, 9.17) is 4.74 Å². The molecule has 5 nitrogen and oxygen atoms in total. The summed E-state index contributed by atoms with van der Waals surface area (Å²) >= 11 is 0. The summed E-state index contributed by atoms with van der Waals surface area (Å²) in [6.45, 7) is 2.54. The summed E-state index contributed by atoms with van der Waals surface area (Å²) in [6.07, 6.45) is 0.977. The van der Waals surface area contributed by atoms with E-state index in [1.54, 1.807) is 4.90 Å². The van der Waals surface area contributed by atoms with E-state index >= 15 is 0 Å². The summed E-state index contributed by atoms with van der Waals surface area (Å²) in [6, 6.07) is 1.00. The average Bonchev–Trinajstić information content (AvgIpc) is 2.61. The van der Waals surface area contributed by atoms with E-state index in [-0.39, 0.29) is 24.4 Å². The van der Waals surface area contributed by atoms with Gasteiger partial charge in [-0.3, -0.25) is 9.59 Å². The lowest BCUT2D eigenvalue weighted by Crippen LogP contribution is -2.47. The molecule has 2 fully saturated rings. The molecule has 9 heteroatoms. The van der Waals surface area contributed by atoms with Crippen molar-refractivity contribution < 1.29 is 27.5 Å². The molecule has 0 bridgehead atoms. The predicted molar refractivity (Wildman–Crippen MR) is 94.4 cm³/mol. The van der Waals surface area contributed by atoms with E-state index in [2.05, 4.69) is 5.32 Å². The molecule has 2 heterocycles. The SMILES string of the molecule is Cl.O=C(c1c(F)cc(F)cc1F)C1CCN(C(=O)CC2COCCN2)CC1. The zero-order valence-corrected chi connectivity index (χ0v) is 15.5. The Balaban J connectivity index is 0.00000261. The highest BCUT2D eigenvalue weighted by Gasteiger charge is 2.32. The van der Waals surface area contributed by atoms with Gasteiger partial charge in [-0.2, -0.15) is 0 Å². The van der Waals surface area contributed by atoms with Gasteiger partial charge in [0, 0.05) is 50.1 Å². The van der Waals surface area contributed by atoms with E-state index in [1.807, 2.05) is 0 Å². The Bertz CT molecular complexity index is 667. The number of carbonyl (C=O) groups excluding carboxylic acids is 2. The van der Waals surface area contributed by atoms with Crippen LogP contribution in [-0.2, 0) is 9.53 Å². The van der Waals surface area contributed by atoms with Crippen molar-refractivity contribution in [2.45, 2.75) is 25.3 Å². The number of ether oxygens (including phenoxy) is 1. The molecule has 0 saturated carbocycles. The number of nitrogens with zero attached hydrogens (tertiary/aromatic N) is 1. The molecule has 0 aromatic heterocycles. The molecule has 3 rings (SSSR count). The lowest BCUT2D eigenvalue weighted by Gasteiger charge is -2.33. The van der Waals surface area contributed by atoms with Crippen molar-refractivity contribution in [1.82, 2.24) is 10.2 Å². The van der Waals surface area contributed by atoms with Gasteiger partial charge in [-0.05, 0) is 12.8 Å². The van der Waals surface area contributed by atoms with Crippen LogP contribution in [0.25, 0.3) is 0 Å². The fourth-order valence-electron chi connectivity index (χ4n) is 3.46. The summed E-state index contributed by atoms with van der Waals surface area (Å²) < 4.78 is 45.9. The van der Waals surface area contributed by atoms with Crippen LogP contribution >= 0.6 is 12.4 Å². The number of carbonyl (C=O) groups is 2. The first kappa shape index (κ1) is 21.7. The number of likely N-dealkylation sites (tertiary alicyclic amines) is 1. The molecule has 1 atom stereocenters. The van der Waals surface area contributed by atoms with Gasteiger partial charge in [-0.15, -0.1) is 12.4 Å². The third kappa shape index (κ3) is 5.21. The number of ketones is 1. The minimum absolute atomic E-state index is 0. The van der Waals surface area contributed by atoms with Crippen LogP contribution in [0.5, 0.6) is 0 Å². The fraction of sp³-hybridized carbons (Fsp3) is 0.556. The highest BCUT2D eigenvalue weighted by molar-refractivity contribution is 5.98. The molecule has 1 aromatic carbocycles. The Kier molecular flexibility index (Phi) is 7.64. The Morgan fingerprint density at radius 2 is 1.78 bits per heavy atom. The molecule has 2 aliphatic rings. The van der Waals surface area contributed by atoms with Crippen molar-refractivity contribution >= 4 is 24.1 Å². The number of halogens is 4. The normalized spacial score (nSPS) is 20.9. The number of piperidine rings is 1. The van der Waals surface area contributed by atoms with Gasteiger partial charge in [0.2, 0.25) is 5.91 Å². The molecule has 1 aromatic rings. The maximum absolute atomic E-state index is 13.8. The van der Waals surface area contributed by atoms with Gasteiger partial charge in [0.05, 0.1) is 18.8 Å². The molecule has 1 N–H and O–H groups in total. The summed E-state index contributed by atoms with van der Waals surface area (Å²) in [5.74, 6) is -4.71. The number of hydrogen-bond acceptors (Lipinski definition) is 4. The second-order valence-electron chi connectivity index (χ2n) is 6.69. The molecule has 27 heavy (non-hydrogen) atoms. The van der Waals surface area contributed by atoms with Gasteiger partial charge >= 0.3 is 0 Å². The molecular formula is C18H22ClF3N2O3. The van der Waals surface area contributed by atoms with Crippen molar-refractivity contribution in [3.05, 3.63) is 35.1 Å². The van der Waals surface area contributed by atoms with Gasteiger partial charge in [-0.1, -0.05) is 0 Å². The third-order valence-electron chi connectivity index (χ3n) is 4.89. The van der Waals surface area contributed by atoms with E-state index in [0.29, 0.717) is 64.2 Å². The highest BCUT2D eigenvalue weighted by atomic mass is 35.5. The van der Waals surface area contributed by atoms with Crippen LogP contribution in [0.15, 0.2) is 12.1 Å². The second kappa shape index (κ2) is 9.52. The van der Waals surface area contributed by atoms with Crippen LogP contribution < -0.4 is 5.32 Å². The molecule has 0 radical (unpaired) electrons. The van der Waals surface area contributed by atoms with Gasteiger partial charge in [0.15, 0.2) is 5.78 Å². The standard InChI is InChI=1S/C18H21F3N2O3.ClH/c19-12-7-14(20)17(15(21)8-12)18(25)11-1-4-23(5-2-11)16(24)9-13-10-26-6-3-22-13;/h7-8,11,13,22H,1-6,9-10H2;1H. The largest absolute Gasteiger partial charge is 0.378 e. The minimum atomic E-state index is -1.19. The lowest BCUT2D eigenvalue weighted by atomic mass is 9.88. The molecule has 150 valence electrons. The number of morpholine rings is 1. The quantitative estimate of drug-likeness (QED) is 0.780. The van der Waals surface area contributed by atoms with E-state index in [0.717, 1.165) is 0 Å². The summed E-state index contributed by atoms with van der Waals surface area (Å²) in [4.78, 5) is 26.4. The Labute approximate surface area is 161 Å². The van der Waals surface area contributed by atoms with Crippen LogP contribution in [0.1, 0.15) is 29.6 Å². The van der Waals surface area contributed by atoms with Gasteiger partial charge < -0.3 is 15.0 Å². The Morgan fingerprint density at radius 3 is 2.33 bits per heavy atom. The average molecular weight is 407 g/mol. The maximum atomic E-state index is 13.8. The molecule has 2 aliphatic heterocycles.